The second-order valence-corrected chi connectivity index (χ2v) is 10.9. The third-order valence-electron chi connectivity index (χ3n) is 6.44. The molecule has 3 N–H and O–H groups in total. The molecule has 1 aliphatic carbocycles. The maximum absolute atomic E-state index is 12.3. The van der Waals surface area contributed by atoms with Crippen LogP contribution in [0.15, 0.2) is 24.3 Å². The molecule has 8 nitrogen and oxygen atoms in total. The van der Waals surface area contributed by atoms with Crippen LogP contribution in [-0.2, 0) is 17.7 Å². The SMILES string of the molecule is CC1COCCN1c1nc(-c2ccc(NC(=O)NC3(I)CCC3)cc2)nc2c1CCNC2. The summed E-state index contributed by atoms with van der Waals surface area (Å²) in [6.45, 7) is 6.17. The largest absolute Gasteiger partial charge is 0.377 e. The molecule has 0 spiro atoms. The summed E-state index contributed by atoms with van der Waals surface area (Å²) in [5.74, 6) is 1.76. The van der Waals surface area contributed by atoms with Gasteiger partial charge in [0.1, 0.15) is 5.82 Å². The maximum Gasteiger partial charge on any atom is 0.320 e. The van der Waals surface area contributed by atoms with Crippen LogP contribution < -0.4 is 20.9 Å². The lowest BCUT2D eigenvalue weighted by Gasteiger charge is -2.36. The Morgan fingerprint density at radius 2 is 2.09 bits per heavy atom. The molecular weight excluding hydrogens is 519 g/mol. The molecule has 1 aromatic heterocycles. The van der Waals surface area contributed by atoms with Gasteiger partial charge in [-0.05, 0) is 63.4 Å². The van der Waals surface area contributed by atoms with Crippen molar-refractivity contribution in [1.29, 1.82) is 0 Å². The molecule has 2 fully saturated rings. The smallest absolute Gasteiger partial charge is 0.320 e. The average molecular weight is 548 g/mol. The molecule has 5 rings (SSSR count). The predicted octanol–water partition coefficient (Wildman–Crippen LogP) is 3.45. The van der Waals surface area contributed by atoms with Crippen LogP contribution in [0.3, 0.4) is 0 Å². The van der Waals surface area contributed by atoms with Gasteiger partial charge < -0.3 is 25.6 Å². The number of urea groups is 1. The molecule has 9 heteroatoms. The summed E-state index contributed by atoms with van der Waals surface area (Å²) < 4.78 is 5.54. The predicted molar refractivity (Wildman–Crippen MR) is 133 cm³/mol. The topological polar surface area (TPSA) is 91.4 Å². The van der Waals surface area contributed by atoms with Gasteiger partial charge in [0.2, 0.25) is 0 Å². The molecule has 1 aromatic carbocycles. The highest BCUT2D eigenvalue weighted by Crippen LogP contribution is 2.38. The van der Waals surface area contributed by atoms with Crippen LogP contribution in [0.5, 0.6) is 0 Å². The first-order chi connectivity index (χ1) is 15.5. The minimum Gasteiger partial charge on any atom is -0.377 e. The van der Waals surface area contributed by atoms with Gasteiger partial charge in [0, 0.05) is 29.9 Å². The molecule has 3 heterocycles. The van der Waals surface area contributed by atoms with Crippen molar-refractivity contribution in [3.05, 3.63) is 35.5 Å². The Kier molecular flexibility index (Phi) is 6.22. The lowest BCUT2D eigenvalue weighted by molar-refractivity contribution is 0.0984. The number of carbonyl (C=O) groups excluding carboxylic acids is 1. The first-order valence-electron chi connectivity index (χ1n) is 11.3. The fraction of sp³-hybridized carbons (Fsp3) is 0.522. The number of fused-ring (bicyclic) bond motifs is 1. The molecule has 2 aromatic rings. The van der Waals surface area contributed by atoms with Gasteiger partial charge in [0.15, 0.2) is 5.82 Å². The van der Waals surface area contributed by atoms with E-state index in [1.165, 1.54) is 12.0 Å². The van der Waals surface area contributed by atoms with Gasteiger partial charge in [-0.1, -0.05) is 22.6 Å². The number of benzene rings is 1. The van der Waals surface area contributed by atoms with Crippen molar-refractivity contribution in [1.82, 2.24) is 20.6 Å². The van der Waals surface area contributed by atoms with Crippen molar-refractivity contribution in [2.24, 2.45) is 0 Å². The molecule has 1 saturated heterocycles. The standard InChI is InChI=1S/C23H29IN6O2/c1-15-14-32-12-11-30(15)21-18-7-10-25-13-19(18)27-20(28-21)16-3-5-17(6-4-16)26-22(31)29-23(24)8-2-9-23/h3-6,15,25H,2,7-14H2,1H3,(H2,26,29,31). The molecular formula is C23H29IN6O2. The number of hydrogen-bond acceptors (Lipinski definition) is 6. The molecule has 1 saturated carbocycles. The minimum absolute atomic E-state index is 0.0974. The zero-order valence-electron chi connectivity index (χ0n) is 18.3. The highest BCUT2D eigenvalue weighted by Gasteiger charge is 2.35. The van der Waals surface area contributed by atoms with Crippen molar-refractivity contribution in [3.8, 4) is 11.4 Å². The van der Waals surface area contributed by atoms with Gasteiger partial charge in [0.05, 0.1) is 28.5 Å². The number of nitrogens with zero attached hydrogens (tertiary/aromatic N) is 3. The van der Waals surface area contributed by atoms with Crippen LogP contribution in [0.4, 0.5) is 16.3 Å². The van der Waals surface area contributed by atoms with Gasteiger partial charge >= 0.3 is 6.03 Å². The van der Waals surface area contributed by atoms with E-state index >= 15 is 0 Å². The summed E-state index contributed by atoms with van der Waals surface area (Å²) in [6.07, 6.45) is 4.15. The maximum atomic E-state index is 12.3. The fourth-order valence-electron chi connectivity index (χ4n) is 4.43. The molecule has 3 aliphatic rings. The quantitative estimate of drug-likeness (QED) is 0.308. The Morgan fingerprint density at radius 3 is 2.81 bits per heavy atom. The first-order valence-corrected chi connectivity index (χ1v) is 12.4. The molecule has 2 aliphatic heterocycles. The summed E-state index contributed by atoms with van der Waals surface area (Å²) in [5, 5.41) is 9.43. The zero-order valence-corrected chi connectivity index (χ0v) is 20.4. The summed E-state index contributed by atoms with van der Waals surface area (Å²) in [6, 6.07) is 7.90. The molecule has 1 unspecified atom stereocenters. The molecule has 0 bridgehead atoms. The minimum atomic E-state index is -0.161. The Balaban J connectivity index is 1.38. The van der Waals surface area contributed by atoms with Crippen molar-refractivity contribution >= 4 is 40.1 Å². The van der Waals surface area contributed by atoms with Crippen LogP contribution in [-0.4, -0.2) is 51.9 Å². The Morgan fingerprint density at radius 1 is 1.28 bits per heavy atom. The number of aromatic nitrogens is 2. The van der Waals surface area contributed by atoms with E-state index < -0.39 is 0 Å². The number of rotatable bonds is 4. The first kappa shape index (κ1) is 21.8. The average Bonchev–Trinajstić information content (AvgIpc) is 2.78. The summed E-state index contributed by atoms with van der Waals surface area (Å²) >= 11 is 2.33. The number of nitrogens with one attached hydrogen (secondary N) is 3. The number of halogens is 1. The van der Waals surface area contributed by atoms with Gasteiger partial charge in [-0.25, -0.2) is 14.8 Å². The van der Waals surface area contributed by atoms with E-state index in [0.717, 1.165) is 74.1 Å². The third-order valence-corrected chi connectivity index (χ3v) is 7.79. The van der Waals surface area contributed by atoms with Crippen molar-refractivity contribution in [2.75, 3.05) is 36.5 Å². The zero-order chi connectivity index (χ0) is 22.1. The highest BCUT2D eigenvalue weighted by atomic mass is 127. The number of ether oxygens (including phenoxy) is 1. The summed E-state index contributed by atoms with van der Waals surface area (Å²) in [7, 11) is 0. The monoisotopic (exact) mass is 548 g/mol. The van der Waals surface area contributed by atoms with Crippen LogP contribution in [0, 0.1) is 0 Å². The van der Waals surface area contributed by atoms with Crippen LogP contribution >= 0.6 is 22.6 Å². The summed E-state index contributed by atoms with van der Waals surface area (Å²) in [5.41, 5.74) is 4.02. The van der Waals surface area contributed by atoms with Gasteiger partial charge in [0.25, 0.3) is 0 Å². The lowest BCUT2D eigenvalue weighted by Crippen LogP contribution is -2.49. The molecule has 2 amide bonds. The van der Waals surface area contributed by atoms with Crippen molar-refractivity contribution in [2.45, 2.75) is 48.7 Å². The Labute approximate surface area is 202 Å². The van der Waals surface area contributed by atoms with E-state index in [9.17, 15) is 4.79 Å². The van der Waals surface area contributed by atoms with Crippen molar-refractivity contribution < 1.29 is 9.53 Å². The summed E-state index contributed by atoms with van der Waals surface area (Å²) in [4.78, 5) is 24.6. The molecule has 0 radical (unpaired) electrons. The second-order valence-electron chi connectivity index (χ2n) is 8.82. The van der Waals surface area contributed by atoms with E-state index in [0.29, 0.717) is 6.61 Å². The van der Waals surface area contributed by atoms with Crippen LogP contribution in [0.1, 0.15) is 37.4 Å². The van der Waals surface area contributed by atoms with E-state index in [1.54, 1.807) is 0 Å². The number of anilines is 2. The normalized spacial score (nSPS) is 21.9. The van der Waals surface area contributed by atoms with E-state index in [4.69, 9.17) is 14.7 Å². The number of carbonyl (C=O) groups is 1. The van der Waals surface area contributed by atoms with E-state index in [1.807, 2.05) is 24.3 Å². The number of alkyl halides is 1. The van der Waals surface area contributed by atoms with Crippen molar-refractivity contribution in [3.63, 3.8) is 0 Å². The van der Waals surface area contributed by atoms with Gasteiger partial charge in [-0.2, -0.15) is 0 Å². The Hall–Kier alpha value is -1.98. The highest BCUT2D eigenvalue weighted by molar-refractivity contribution is 14.1. The Bertz CT molecular complexity index is 995. The van der Waals surface area contributed by atoms with E-state index in [-0.39, 0.29) is 15.6 Å². The van der Waals surface area contributed by atoms with Gasteiger partial charge in [-0.3, -0.25) is 0 Å². The van der Waals surface area contributed by atoms with E-state index in [2.05, 4.69) is 50.4 Å². The number of amides is 2. The third kappa shape index (κ3) is 4.55. The van der Waals surface area contributed by atoms with Crippen LogP contribution in [0.25, 0.3) is 11.4 Å². The van der Waals surface area contributed by atoms with Crippen LogP contribution in [0.2, 0.25) is 0 Å². The number of hydrogen-bond donors (Lipinski definition) is 3. The lowest BCUT2D eigenvalue weighted by atomic mass is 9.93. The fourth-order valence-corrected chi connectivity index (χ4v) is 5.44. The molecule has 170 valence electrons. The number of morpholine rings is 1. The molecule has 1 atom stereocenters. The second kappa shape index (κ2) is 9.11. The molecule has 32 heavy (non-hydrogen) atoms. The van der Waals surface area contributed by atoms with Gasteiger partial charge in [-0.15, -0.1) is 0 Å².